The number of oxazole rings is 1. The molecule has 0 amide bonds. The molecule has 2 rings (SSSR count). The van der Waals surface area contributed by atoms with Gasteiger partial charge in [0.25, 0.3) is 5.22 Å². The molecule has 110 valence electrons. The van der Waals surface area contributed by atoms with Gasteiger partial charge in [0, 0.05) is 24.1 Å². The number of benzene rings is 1. The van der Waals surface area contributed by atoms with Crippen molar-refractivity contribution in [2.75, 3.05) is 24.7 Å². The Labute approximate surface area is 117 Å². The first-order valence-electron chi connectivity index (χ1n) is 5.87. The highest BCUT2D eigenvalue weighted by atomic mass is 32.2. The Bertz CT molecular complexity index is 571. The van der Waals surface area contributed by atoms with Crippen LogP contribution in [0.2, 0.25) is 0 Å². The largest absolute Gasteiger partial charge is 0.431 e. The molecule has 1 aromatic carbocycles. The van der Waals surface area contributed by atoms with Crippen LogP contribution >= 0.6 is 11.8 Å². The SMILES string of the molecule is Nc1ccc2nc(SCCCOCC(F)(F)F)oc2c1. The summed E-state index contributed by atoms with van der Waals surface area (Å²) in [6.45, 7) is -1.15. The van der Waals surface area contributed by atoms with Crippen LogP contribution in [0, 0.1) is 0 Å². The number of aromatic nitrogens is 1. The van der Waals surface area contributed by atoms with Gasteiger partial charge in [-0.2, -0.15) is 13.2 Å². The molecule has 0 aliphatic rings. The third-order valence-electron chi connectivity index (χ3n) is 2.32. The van der Waals surface area contributed by atoms with Crippen molar-refractivity contribution >= 4 is 28.5 Å². The summed E-state index contributed by atoms with van der Waals surface area (Å²) in [6, 6.07) is 5.16. The number of fused-ring (bicyclic) bond motifs is 1. The summed E-state index contributed by atoms with van der Waals surface area (Å²) in [7, 11) is 0. The van der Waals surface area contributed by atoms with Crippen LogP contribution in [0.15, 0.2) is 27.8 Å². The number of halogens is 3. The highest BCUT2D eigenvalue weighted by molar-refractivity contribution is 7.99. The van der Waals surface area contributed by atoms with Gasteiger partial charge in [0.1, 0.15) is 12.1 Å². The third kappa shape index (κ3) is 4.61. The van der Waals surface area contributed by atoms with Crippen LogP contribution in [0.1, 0.15) is 6.42 Å². The van der Waals surface area contributed by atoms with Crippen molar-refractivity contribution < 1.29 is 22.3 Å². The molecule has 0 aliphatic heterocycles. The molecule has 20 heavy (non-hydrogen) atoms. The zero-order chi connectivity index (χ0) is 14.6. The van der Waals surface area contributed by atoms with E-state index in [9.17, 15) is 13.2 Å². The van der Waals surface area contributed by atoms with Gasteiger partial charge in [-0.25, -0.2) is 4.98 Å². The summed E-state index contributed by atoms with van der Waals surface area (Å²) in [6.07, 6.45) is -3.78. The molecule has 0 unspecified atom stereocenters. The van der Waals surface area contributed by atoms with E-state index < -0.39 is 12.8 Å². The van der Waals surface area contributed by atoms with Crippen molar-refractivity contribution in [3.8, 4) is 0 Å². The van der Waals surface area contributed by atoms with Crippen LogP contribution in [0.3, 0.4) is 0 Å². The number of anilines is 1. The summed E-state index contributed by atoms with van der Waals surface area (Å²) in [5.41, 5.74) is 7.51. The summed E-state index contributed by atoms with van der Waals surface area (Å²) in [4.78, 5) is 4.23. The third-order valence-corrected chi connectivity index (χ3v) is 3.23. The van der Waals surface area contributed by atoms with E-state index in [4.69, 9.17) is 10.2 Å². The molecule has 8 heteroatoms. The van der Waals surface area contributed by atoms with Gasteiger partial charge in [-0.3, -0.25) is 0 Å². The molecule has 0 aliphatic carbocycles. The molecule has 2 N–H and O–H groups in total. The van der Waals surface area contributed by atoms with Crippen LogP contribution < -0.4 is 5.73 Å². The molecule has 4 nitrogen and oxygen atoms in total. The van der Waals surface area contributed by atoms with Gasteiger partial charge in [-0.05, 0) is 18.6 Å². The number of rotatable bonds is 6. The van der Waals surface area contributed by atoms with Crippen LogP contribution in [-0.4, -0.2) is 30.1 Å². The quantitative estimate of drug-likeness (QED) is 0.503. The van der Waals surface area contributed by atoms with Crippen LogP contribution in [0.5, 0.6) is 0 Å². The molecular weight excluding hydrogens is 293 g/mol. The average Bonchev–Trinajstić information content (AvgIpc) is 2.74. The number of nitrogen functional groups attached to an aromatic ring is 1. The normalized spacial score (nSPS) is 12.2. The van der Waals surface area contributed by atoms with E-state index in [0.29, 0.717) is 34.2 Å². The van der Waals surface area contributed by atoms with E-state index in [2.05, 4.69) is 9.72 Å². The molecule has 0 bridgehead atoms. The first-order valence-corrected chi connectivity index (χ1v) is 6.86. The molecule has 1 heterocycles. The molecule has 0 fully saturated rings. The van der Waals surface area contributed by atoms with Gasteiger partial charge >= 0.3 is 6.18 Å². The number of alkyl halides is 3. The molecule has 2 aromatic rings. The second kappa shape index (κ2) is 6.36. The molecule has 0 saturated carbocycles. The Balaban J connectivity index is 1.73. The number of ether oxygens (including phenoxy) is 1. The molecule has 0 saturated heterocycles. The van der Waals surface area contributed by atoms with Gasteiger partial charge < -0.3 is 14.9 Å². The number of nitrogens with two attached hydrogens (primary N) is 1. The molecular formula is C12H13F3N2O2S. The van der Waals surface area contributed by atoms with Crippen LogP contribution in [-0.2, 0) is 4.74 Å². The number of nitrogens with zero attached hydrogens (tertiary/aromatic N) is 1. The highest BCUT2D eigenvalue weighted by Crippen LogP contribution is 2.25. The standard InChI is InChI=1S/C12H13F3N2O2S/c13-12(14,15)7-18-4-1-5-20-11-17-9-3-2-8(16)6-10(9)19-11/h2-3,6H,1,4-5,7,16H2. The predicted octanol–water partition coefficient (Wildman–Crippen LogP) is 3.47. The smallest absolute Gasteiger partial charge is 0.411 e. The predicted molar refractivity (Wildman–Crippen MR) is 70.6 cm³/mol. The number of thioether (sulfide) groups is 1. The maximum absolute atomic E-state index is 11.8. The highest BCUT2D eigenvalue weighted by Gasteiger charge is 2.27. The minimum atomic E-state index is -4.27. The minimum absolute atomic E-state index is 0.0552. The summed E-state index contributed by atoms with van der Waals surface area (Å²) in [5, 5.41) is 0.474. The maximum atomic E-state index is 11.8. The van der Waals surface area contributed by atoms with Gasteiger partial charge in [-0.15, -0.1) is 0 Å². The van der Waals surface area contributed by atoms with Gasteiger partial charge in [0.05, 0.1) is 0 Å². The lowest BCUT2D eigenvalue weighted by Gasteiger charge is -2.06. The summed E-state index contributed by atoms with van der Waals surface area (Å²) in [5.74, 6) is 0.570. The summed E-state index contributed by atoms with van der Waals surface area (Å²) < 4.78 is 45.4. The Hall–Kier alpha value is -1.41. The van der Waals surface area contributed by atoms with E-state index in [1.807, 2.05) is 0 Å². The van der Waals surface area contributed by atoms with Crippen molar-refractivity contribution in [3.63, 3.8) is 0 Å². The fraction of sp³-hybridized carbons (Fsp3) is 0.417. The van der Waals surface area contributed by atoms with E-state index >= 15 is 0 Å². The molecule has 0 atom stereocenters. The van der Waals surface area contributed by atoms with Gasteiger partial charge in [0.15, 0.2) is 5.58 Å². The van der Waals surface area contributed by atoms with Crippen molar-refractivity contribution in [3.05, 3.63) is 18.2 Å². The lowest BCUT2D eigenvalue weighted by Crippen LogP contribution is -2.17. The second-order valence-corrected chi connectivity index (χ2v) is 5.12. The van der Waals surface area contributed by atoms with E-state index in [-0.39, 0.29) is 6.61 Å². The van der Waals surface area contributed by atoms with Gasteiger partial charge in [0.2, 0.25) is 0 Å². The van der Waals surface area contributed by atoms with Crippen molar-refractivity contribution in [1.29, 1.82) is 0 Å². The average molecular weight is 306 g/mol. The van der Waals surface area contributed by atoms with Crippen LogP contribution in [0.25, 0.3) is 11.1 Å². The molecule has 0 spiro atoms. The van der Waals surface area contributed by atoms with E-state index in [1.54, 1.807) is 18.2 Å². The Kier molecular flexibility index (Phi) is 4.77. The summed E-state index contributed by atoms with van der Waals surface area (Å²) >= 11 is 1.33. The monoisotopic (exact) mass is 306 g/mol. The van der Waals surface area contributed by atoms with E-state index in [0.717, 1.165) is 0 Å². The minimum Gasteiger partial charge on any atom is -0.431 e. The number of hydrogen-bond donors (Lipinski definition) is 1. The van der Waals surface area contributed by atoms with Crippen LogP contribution in [0.4, 0.5) is 18.9 Å². The Morgan fingerprint density at radius 2 is 2.15 bits per heavy atom. The number of hydrogen-bond acceptors (Lipinski definition) is 5. The second-order valence-electron chi connectivity index (χ2n) is 4.08. The topological polar surface area (TPSA) is 61.3 Å². The first kappa shape index (κ1) is 15.0. The zero-order valence-corrected chi connectivity index (χ0v) is 11.3. The maximum Gasteiger partial charge on any atom is 0.411 e. The Morgan fingerprint density at radius 1 is 1.35 bits per heavy atom. The molecule has 0 radical (unpaired) electrons. The first-order chi connectivity index (χ1) is 9.44. The lowest BCUT2D eigenvalue weighted by molar-refractivity contribution is -0.173. The fourth-order valence-electron chi connectivity index (χ4n) is 1.49. The van der Waals surface area contributed by atoms with Crippen molar-refractivity contribution in [1.82, 2.24) is 4.98 Å². The fourth-order valence-corrected chi connectivity index (χ4v) is 2.24. The van der Waals surface area contributed by atoms with Crippen molar-refractivity contribution in [2.45, 2.75) is 17.8 Å². The zero-order valence-electron chi connectivity index (χ0n) is 10.4. The van der Waals surface area contributed by atoms with Gasteiger partial charge in [-0.1, -0.05) is 11.8 Å². The lowest BCUT2D eigenvalue weighted by atomic mass is 10.3. The van der Waals surface area contributed by atoms with Crippen molar-refractivity contribution in [2.24, 2.45) is 0 Å². The molecule has 1 aromatic heterocycles. The Morgan fingerprint density at radius 3 is 2.90 bits per heavy atom. The van der Waals surface area contributed by atoms with E-state index in [1.165, 1.54) is 11.8 Å².